The predicted octanol–water partition coefficient (Wildman–Crippen LogP) is -0.688. The van der Waals surface area contributed by atoms with Gasteiger partial charge in [-0.25, -0.2) is 0 Å². The summed E-state index contributed by atoms with van der Waals surface area (Å²) in [5.74, 6) is -1.99. The lowest BCUT2D eigenvalue weighted by Crippen LogP contribution is -2.65. The number of aliphatic hydroxyl groups is 2. The van der Waals surface area contributed by atoms with E-state index in [0.717, 1.165) is 13.8 Å². The first-order chi connectivity index (χ1) is 10.9. The second-order valence-electron chi connectivity index (χ2n) is 6.19. The molecule has 24 heavy (non-hydrogen) atoms. The van der Waals surface area contributed by atoms with E-state index in [-0.39, 0.29) is 6.61 Å². The fraction of sp³-hybridized carbons (Fsp3) is 0.800. The number of carbonyl (C=O) groups is 3. The third-order valence-corrected chi connectivity index (χ3v) is 3.41. The van der Waals surface area contributed by atoms with Crippen LogP contribution in [0.4, 0.5) is 0 Å². The van der Waals surface area contributed by atoms with Gasteiger partial charge in [0.1, 0.15) is 24.9 Å². The van der Waals surface area contributed by atoms with Crippen molar-refractivity contribution >= 4 is 17.9 Å². The first-order valence-corrected chi connectivity index (χ1v) is 7.47. The SMILES string of the molecule is CC(=O)OC[C@H]1O[C@@H](C(C)(C)O)[C@H](O)[C@@H](OC(C)=O)[C@H]1OC(C)=O. The highest BCUT2D eigenvalue weighted by molar-refractivity contribution is 5.67. The van der Waals surface area contributed by atoms with Crippen molar-refractivity contribution < 1.29 is 43.5 Å². The molecule has 1 heterocycles. The number of rotatable bonds is 5. The van der Waals surface area contributed by atoms with Gasteiger partial charge in [0.05, 0.1) is 5.60 Å². The molecule has 0 radical (unpaired) electrons. The normalized spacial score (nSPS) is 30.4. The summed E-state index contributed by atoms with van der Waals surface area (Å²) in [7, 11) is 0. The molecule has 0 aliphatic carbocycles. The van der Waals surface area contributed by atoms with Crippen molar-refractivity contribution in [3.63, 3.8) is 0 Å². The Morgan fingerprint density at radius 3 is 1.92 bits per heavy atom. The Hall–Kier alpha value is -1.71. The minimum absolute atomic E-state index is 0.301. The second kappa shape index (κ2) is 7.91. The van der Waals surface area contributed by atoms with Crippen LogP contribution in [0.3, 0.4) is 0 Å². The summed E-state index contributed by atoms with van der Waals surface area (Å²) < 4.78 is 20.7. The van der Waals surface area contributed by atoms with E-state index in [9.17, 15) is 24.6 Å². The average Bonchev–Trinajstić information content (AvgIpc) is 2.39. The molecule has 0 aromatic carbocycles. The molecule has 2 N–H and O–H groups in total. The maximum Gasteiger partial charge on any atom is 0.303 e. The molecule has 9 nitrogen and oxygen atoms in total. The van der Waals surface area contributed by atoms with Crippen LogP contribution in [-0.4, -0.2) is 70.8 Å². The van der Waals surface area contributed by atoms with Gasteiger partial charge in [-0.1, -0.05) is 0 Å². The van der Waals surface area contributed by atoms with Crippen molar-refractivity contribution in [2.24, 2.45) is 0 Å². The van der Waals surface area contributed by atoms with Gasteiger partial charge in [0, 0.05) is 20.8 Å². The van der Waals surface area contributed by atoms with Gasteiger partial charge in [0.2, 0.25) is 0 Å². The summed E-state index contributed by atoms with van der Waals surface area (Å²) in [6.07, 6.45) is -6.11. The molecule has 9 heteroatoms. The van der Waals surface area contributed by atoms with Gasteiger partial charge in [0.25, 0.3) is 0 Å². The molecule has 0 aromatic heterocycles. The van der Waals surface area contributed by atoms with Crippen molar-refractivity contribution in [3.05, 3.63) is 0 Å². The van der Waals surface area contributed by atoms with Crippen molar-refractivity contribution in [2.75, 3.05) is 6.61 Å². The van der Waals surface area contributed by atoms with Gasteiger partial charge in [-0.15, -0.1) is 0 Å². The molecule has 0 bridgehead atoms. The summed E-state index contributed by atoms with van der Waals surface area (Å²) in [5, 5.41) is 20.6. The molecule has 5 atom stereocenters. The first kappa shape index (κ1) is 20.3. The van der Waals surface area contributed by atoms with Gasteiger partial charge >= 0.3 is 17.9 Å². The Morgan fingerprint density at radius 2 is 1.50 bits per heavy atom. The van der Waals surface area contributed by atoms with Gasteiger partial charge in [-0.3, -0.25) is 14.4 Å². The minimum Gasteiger partial charge on any atom is -0.463 e. The monoisotopic (exact) mass is 348 g/mol. The molecule has 0 spiro atoms. The largest absolute Gasteiger partial charge is 0.463 e. The number of ether oxygens (including phenoxy) is 4. The fourth-order valence-corrected chi connectivity index (χ4v) is 2.51. The Balaban J connectivity index is 3.16. The lowest BCUT2D eigenvalue weighted by Gasteiger charge is -2.46. The molecular weight excluding hydrogens is 324 g/mol. The van der Waals surface area contributed by atoms with Gasteiger partial charge < -0.3 is 29.2 Å². The highest BCUT2D eigenvalue weighted by atomic mass is 16.6. The van der Waals surface area contributed by atoms with Crippen LogP contribution in [-0.2, 0) is 33.3 Å². The van der Waals surface area contributed by atoms with Crippen LogP contribution in [0, 0.1) is 0 Å². The van der Waals surface area contributed by atoms with Crippen molar-refractivity contribution in [3.8, 4) is 0 Å². The van der Waals surface area contributed by atoms with Crippen LogP contribution < -0.4 is 0 Å². The Labute approximate surface area is 139 Å². The van der Waals surface area contributed by atoms with Crippen LogP contribution in [0.25, 0.3) is 0 Å². The summed E-state index contributed by atoms with van der Waals surface area (Å²) >= 11 is 0. The number of hydrogen-bond acceptors (Lipinski definition) is 9. The molecule has 1 rings (SSSR count). The van der Waals surface area contributed by atoms with E-state index in [0.29, 0.717) is 0 Å². The molecule has 1 aliphatic heterocycles. The highest BCUT2D eigenvalue weighted by Crippen LogP contribution is 2.31. The highest BCUT2D eigenvalue weighted by Gasteiger charge is 2.53. The third-order valence-electron chi connectivity index (χ3n) is 3.41. The first-order valence-electron chi connectivity index (χ1n) is 7.47. The van der Waals surface area contributed by atoms with Crippen LogP contribution in [0.15, 0.2) is 0 Å². The maximum absolute atomic E-state index is 11.4. The van der Waals surface area contributed by atoms with Crippen molar-refractivity contribution in [1.29, 1.82) is 0 Å². The summed E-state index contributed by atoms with van der Waals surface area (Å²) in [5.41, 5.74) is -1.49. The van der Waals surface area contributed by atoms with E-state index in [2.05, 4.69) is 0 Å². The Kier molecular flexibility index (Phi) is 6.70. The zero-order valence-corrected chi connectivity index (χ0v) is 14.3. The van der Waals surface area contributed by atoms with Crippen molar-refractivity contribution in [2.45, 2.75) is 70.7 Å². The molecule has 0 saturated carbocycles. The van der Waals surface area contributed by atoms with Crippen molar-refractivity contribution in [1.82, 2.24) is 0 Å². The standard InChI is InChI=1S/C15H24O9/c1-7(16)21-6-10-12(22-8(2)17)13(23-9(3)18)11(19)14(24-10)15(4,5)20/h10-14,19-20H,6H2,1-5H3/t10-,11-,12+,13-,14-/m1/s1. The fourth-order valence-electron chi connectivity index (χ4n) is 2.51. The molecule has 0 unspecified atom stereocenters. The molecule has 1 fully saturated rings. The van der Waals surface area contributed by atoms with E-state index < -0.39 is 54.0 Å². The summed E-state index contributed by atoms with van der Waals surface area (Å²) in [6, 6.07) is 0. The topological polar surface area (TPSA) is 129 Å². The van der Waals surface area contributed by atoms with Crippen LogP contribution >= 0.6 is 0 Å². The van der Waals surface area contributed by atoms with Crippen LogP contribution in [0.5, 0.6) is 0 Å². The van der Waals surface area contributed by atoms with Gasteiger partial charge in [0.15, 0.2) is 12.2 Å². The maximum atomic E-state index is 11.4. The van der Waals surface area contributed by atoms with E-state index >= 15 is 0 Å². The zero-order chi connectivity index (χ0) is 18.7. The summed E-state index contributed by atoms with van der Waals surface area (Å²) in [4.78, 5) is 33.8. The number of hydrogen-bond donors (Lipinski definition) is 2. The molecule has 1 aliphatic rings. The molecule has 0 aromatic rings. The Morgan fingerprint density at radius 1 is 1.00 bits per heavy atom. The van der Waals surface area contributed by atoms with Gasteiger partial charge in [-0.2, -0.15) is 0 Å². The second-order valence-corrected chi connectivity index (χ2v) is 6.19. The average molecular weight is 348 g/mol. The molecular formula is C15H24O9. The number of esters is 3. The third kappa shape index (κ3) is 5.43. The molecule has 0 amide bonds. The van der Waals surface area contributed by atoms with Crippen LogP contribution in [0.2, 0.25) is 0 Å². The van der Waals surface area contributed by atoms with E-state index in [4.69, 9.17) is 18.9 Å². The van der Waals surface area contributed by atoms with E-state index in [1.165, 1.54) is 20.8 Å². The zero-order valence-electron chi connectivity index (χ0n) is 14.3. The smallest absolute Gasteiger partial charge is 0.303 e. The number of aliphatic hydroxyl groups excluding tert-OH is 1. The quantitative estimate of drug-likeness (QED) is 0.490. The Bertz CT molecular complexity index is 482. The van der Waals surface area contributed by atoms with E-state index in [1.54, 1.807) is 0 Å². The molecule has 1 saturated heterocycles. The lowest BCUT2D eigenvalue weighted by molar-refractivity contribution is -0.273. The minimum atomic E-state index is -1.49. The van der Waals surface area contributed by atoms with E-state index in [1.807, 2.05) is 0 Å². The van der Waals surface area contributed by atoms with Crippen LogP contribution in [0.1, 0.15) is 34.6 Å². The molecule has 138 valence electrons. The predicted molar refractivity (Wildman–Crippen MR) is 78.7 cm³/mol. The number of carbonyl (C=O) groups excluding carboxylic acids is 3. The van der Waals surface area contributed by atoms with Gasteiger partial charge in [-0.05, 0) is 13.8 Å². The summed E-state index contributed by atoms with van der Waals surface area (Å²) in [6.45, 7) is 5.97. The lowest BCUT2D eigenvalue weighted by atomic mass is 9.86.